The molecule has 0 spiro atoms. The fourth-order valence-corrected chi connectivity index (χ4v) is 3.42. The molecule has 0 aliphatic carbocycles. The van der Waals surface area contributed by atoms with Gasteiger partial charge in [-0.15, -0.1) is 0 Å². The molecular formula is C24H22F3N5O. The molecule has 6 nitrogen and oxygen atoms in total. The number of rotatable bonds is 5. The molecule has 0 amide bonds. The molecule has 0 fully saturated rings. The van der Waals surface area contributed by atoms with E-state index in [-0.39, 0.29) is 5.69 Å². The largest absolute Gasteiger partial charge is 0.439 e. The second kappa shape index (κ2) is 9.03. The number of aromatic nitrogens is 3. The highest BCUT2D eigenvalue weighted by Crippen LogP contribution is 2.32. The van der Waals surface area contributed by atoms with Gasteiger partial charge in [0, 0.05) is 24.2 Å². The van der Waals surface area contributed by atoms with Gasteiger partial charge in [0.1, 0.15) is 17.9 Å². The van der Waals surface area contributed by atoms with Crippen LogP contribution in [0.25, 0.3) is 10.9 Å². The highest BCUT2D eigenvalue weighted by Gasteiger charge is 2.30. The molecular weight excluding hydrogens is 431 g/mol. The molecule has 0 saturated heterocycles. The van der Waals surface area contributed by atoms with Crippen LogP contribution >= 0.6 is 0 Å². The molecule has 170 valence electrons. The van der Waals surface area contributed by atoms with Crippen molar-refractivity contribution in [1.29, 1.82) is 0 Å². The maximum atomic E-state index is 13.0. The monoisotopic (exact) mass is 453 g/mol. The van der Waals surface area contributed by atoms with Crippen LogP contribution in [0.3, 0.4) is 0 Å². The van der Waals surface area contributed by atoms with Crippen LogP contribution in [-0.2, 0) is 12.7 Å². The molecule has 4 rings (SSSR count). The number of fused-ring (bicyclic) bond motifs is 1. The van der Waals surface area contributed by atoms with Crippen molar-refractivity contribution in [3.05, 3.63) is 78.4 Å². The average molecular weight is 453 g/mol. The van der Waals surface area contributed by atoms with Crippen molar-refractivity contribution in [1.82, 2.24) is 19.4 Å². The first kappa shape index (κ1) is 22.5. The van der Waals surface area contributed by atoms with Crippen LogP contribution in [0.1, 0.15) is 18.2 Å². The second-order valence-electron chi connectivity index (χ2n) is 7.80. The van der Waals surface area contributed by atoms with Crippen molar-refractivity contribution < 1.29 is 17.9 Å². The second-order valence-corrected chi connectivity index (χ2v) is 7.80. The van der Waals surface area contributed by atoms with Gasteiger partial charge in [-0.1, -0.05) is 6.07 Å². The van der Waals surface area contributed by atoms with Gasteiger partial charge in [-0.2, -0.15) is 13.2 Å². The lowest BCUT2D eigenvalue weighted by Crippen LogP contribution is -2.12. The Kier molecular flexibility index (Phi) is 6.15. The Morgan fingerprint density at radius 1 is 1.06 bits per heavy atom. The van der Waals surface area contributed by atoms with E-state index in [9.17, 15) is 13.2 Å². The van der Waals surface area contributed by atoms with E-state index in [4.69, 9.17) is 4.74 Å². The van der Waals surface area contributed by atoms with Crippen molar-refractivity contribution in [3.8, 4) is 11.6 Å². The normalized spacial score (nSPS) is 12.5. The zero-order chi connectivity index (χ0) is 23.6. The zero-order valence-electron chi connectivity index (χ0n) is 18.3. The van der Waals surface area contributed by atoms with Gasteiger partial charge in [-0.3, -0.25) is 0 Å². The number of alkyl halides is 3. The SMILES string of the molecule is CC(=Nc1cccc(C(F)(F)F)c1)n1ccc2cc(Oc3cc(CN(C)C)ncn3)ccc21. The van der Waals surface area contributed by atoms with E-state index in [0.717, 1.165) is 28.7 Å². The topological polar surface area (TPSA) is 55.5 Å². The van der Waals surface area contributed by atoms with Gasteiger partial charge in [-0.25, -0.2) is 15.0 Å². The number of benzene rings is 2. The van der Waals surface area contributed by atoms with E-state index in [2.05, 4.69) is 15.0 Å². The number of aliphatic imine (C=N–C) groups is 1. The van der Waals surface area contributed by atoms with Crippen LogP contribution in [-0.4, -0.2) is 39.4 Å². The molecule has 2 heterocycles. The zero-order valence-corrected chi connectivity index (χ0v) is 18.3. The summed E-state index contributed by atoms with van der Waals surface area (Å²) in [4.78, 5) is 14.8. The number of hydrogen-bond donors (Lipinski definition) is 0. The molecule has 0 atom stereocenters. The van der Waals surface area contributed by atoms with Crippen LogP contribution in [0.4, 0.5) is 18.9 Å². The predicted octanol–water partition coefficient (Wildman–Crippen LogP) is 5.90. The van der Waals surface area contributed by atoms with Gasteiger partial charge in [0.2, 0.25) is 5.88 Å². The summed E-state index contributed by atoms with van der Waals surface area (Å²) in [5, 5.41) is 0.897. The van der Waals surface area contributed by atoms with E-state index in [0.29, 0.717) is 24.0 Å². The average Bonchev–Trinajstić information content (AvgIpc) is 3.16. The molecule has 0 radical (unpaired) electrons. The molecule has 0 bridgehead atoms. The molecule has 0 aliphatic heterocycles. The minimum Gasteiger partial charge on any atom is -0.439 e. The molecule has 2 aromatic carbocycles. The van der Waals surface area contributed by atoms with Gasteiger partial charge < -0.3 is 14.2 Å². The fraction of sp³-hybridized carbons (Fsp3) is 0.208. The summed E-state index contributed by atoms with van der Waals surface area (Å²) in [6, 6.07) is 14.2. The van der Waals surface area contributed by atoms with E-state index in [1.54, 1.807) is 19.1 Å². The maximum Gasteiger partial charge on any atom is 0.416 e. The summed E-state index contributed by atoms with van der Waals surface area (Å²) >= 11 is 0. The highest BCUT2D eigenvalue weighted by molar-refractivity contribution is 5.95. The number of ether oxygens (including phenoxy) is 1. The summed E-state index contributed by atoms with van der Waals surface area (Å²) in [5.41, 5.74) is 1.21. The van der Waals surface area contributed by atoms with Gasteiger partial charge >= 0.3 is 6.18 Å². The van der Waals surface area contributed by atoms with Gasteiger partial charge in [0.25, 0.3) is 0 Å². The quantitative estimate of drug-likeness (QED) is 0.279. The third-order valence-electron chi connectivity index (χ3n) is 4.87. The molecule has 4 aromatic rings. The van der Waals surface area contributed by atoms with Gasteiger partial charge in [0.05, 0.1) is 22.5 Å². The Labute approximate surface area is 189 Å². The van der Waals surface area contributed by atoms with E-state index < -0.39 is 11.7 Å². The van der Waals surface area contributed by atoms with E-state index in [1.807, 2.05) is 54.0 Å². The first-order valence-electron chi connectivity index (χ1n) is 10.2. The highest BCUT2D eigenvalue weighted by atomic mass is 19.4. The fourth-order valence-electron chi connectivity index (χ4n) is 3.42. The van der Waals surface area contributed by atoms with Crippen molar-refractivity contribution in [3.63, 3.8) is 0 Å². The van der Waals surface area contributed by atoms with E-state index in [1.165, 1.54) is 12.4 Å². The molecule has 0 unspecified atom stereocenters. The van der Waals surface area contributed by atoms with Crippen molar-refractivity contribution in [2.75, 3.05) is 14.1 Å². The minimum atomic E-state index is -4.41. The van der Waals surface area contributed by atoms with Crippen molar-refractivity contribution in [2.24, 2.45) is 4.99 Å². The summed E-state index contributed by atoms with van der Waals surface area (Å²) in [6.45, 7) is 2.42. The lowest BCUT2D eigenvalue weighted by atomic mass is 10.2. The lowest BCUT2D eigenvalue weighted by molar-refractivity contribution is -0.137. The Balaban J connectivity index is 1.58. The van der Waals surface area contributed by atoms with Gasteiger partial charge in [-0.05, 0) is 63.5 Å². The van der Waals surface area contributed by atoms with Crippen molar-refractivity contribution >= 4 is 22.4 Å². The molecule has 9 heteroatoms. The van der Waals surface area contributed by atoms with Crippen molar-refractivity contribution in [2.45, 2.75) is 19.6 Å². The molecule has 0 aliphatic rings. The Morgan fingerprint density at radius 3 is 2.64 bits per heavy atom. The maximum absolute atomic E-state index is 13.0. The molecule has 0 saturated carbocycles. The van der Waals surface area contributed by atoms with E-state index >= 15 is 0 Å². The molecule has 2 aromatic heterocycles. The Morgan fingerprint density at radius 2 is 1.88 bits per heavy atom. The van der Waals surface area contributed by atoms with Crippen LogP contribution in [0.2, 0.25) is 0 Å². The standard InChI is InChI=1S/C24H22F3N5O/c1-16(30-19-6-4-5-18(12-19)24(25,26)27)32-10-9-17-11-21(7-8-22(17)32)33-23-13-20(14-31(2)3)28-15-29-23/h4-13,15H,14H2,1-3H3. The lowest BCUT2D eigenvalue weighted by Gasteiger charge is -2.10. The summed E-state index contributed by atoms with van der Waals surface area (Å²) in [6.07, 6.45) is -1.12. The van der Waals surface area contributed by atoms with Crippen LogP contribution < -0.4 is 4.74 Å². The van der Waals surface area contributed by atoms with Crippen LogP contribution in [0.5, 0.6) is 11.6 Å². The minimum absolute atomic E-state index is 0.237. The first-order valence-corrected chi connectivity index (χ1v) is 10.2. The first-order chi connectivity index (χ1) is 15.7. The third-order valence-corrected chi connectivity index (χ3v) is 4.87. The van der Waals surface area contributed by atoms with Gasteiger partial charge in [0.15, 0.2) is 0 Å². The summed E-state index contributed by atoms with van der Waals surface area (Å²) in [7, 11) is 3.92. The van der Waals surface area contributed by atoms with Crippen LogP contribution in [0.15, 0.2) is 72.1 Å². The number of nitrogens with zero attached hydrogens (tertiary/aromatic N) is 5. The Bertz CT molecular complexity index is 1310. The Hall–Kier alpha value is -3.72. The predicted molar refractivity (Wildman–Crippen MR) is 121 cm³/mol. The van der Waals surface area contributed by atoms with Crippen LogP contribution in [0, 0.1) is 0 Å². The number of hydrogen-bond acceptors (Lipinski definition) is 5. The molecule has 0 N–H and O–H groups in total. The summed E-state index contributed by atoms with van der Waals surface area (Å²) < 4.78 is 46.7. The third kappa shape index (κ3) is 5.38. The molecule has 33 heavy (non-hydrogen) atoms. The smallest absolute Gasteiger partial charge is 0.416 e. The number of halogens is 3. The summed E-state index contributed by atoms with van der Waals surface area (Å²) in [5.74, 6) is 1.60.